The van der Waals surface area contributed by atoms with E-state index in [0.717, 1.165) is 0 Å². The van der Waals surface area contributed by atoms with E-state index in [1.165, 1.54) is 21.3 Å². The van der Waals surface area contributed by atoms with Crippen molar-refractivity contribution >= 4 is 9.05 Å². The van der Waals surface area contributed by atoms with Crippen LogP contribution < -0.4 is 10.9 Å². The van der Waals surface area contributed by atoms with E-state index in [4.69, 9.17) is 0 Å². The van der Waals surface area contributed by atoms with E-state index in [2.05, 4.69) is 13.3 Å². The normalized spacial score (nSPS) is 10.7. The zero-order chi connectivity index (χ0) is 6.62. The Morgan fingerprint density at radius 1 is 1.00 bits per heavy atom. The molecule has 0 atom stereocenters. The average Bonchev–Trinajstić information content (AvgIpc) is 1.87. The van der Waals surface area contributed by atoms with E-state index < -0.39 is 9.05 Å². The highest BCUT2D eigenvalue weighted by molar-refractivity contribution is 6.49. The Hall–Kier alpha value is 0.0169. The molecule has 0 saturated heterocycles. The lowest BCUT2D eigenvalue weighted by molar-refractivity contribution is -0.307. The van der Waals surface area contributed by atoms with Gasteiger partial charge in [-0.1, -0.05) is 0 Å². The monoisotopic (exact) mass is 155 g/mol. The summed E-state index contributed by atoms with van der Waals surface area (Å²) in [7, 11) is 0.389. The standard InChI is InChI=1S/C3H9O4Si.H3N/c1-5-8(4,6-2)7-3;/h1-3H3;1H3/q-1;/p+1. The van der Waals surface area contributed by atoms with Crippen molar-refractivity contribution in [1.29, 1.82) is 0 Å². The summed E-state index contributed by atoms with van der Waals surface area (Å²) in [5.41, 5.74) is 0. The Balaban J connectivity index is 0. The Morgan fingerprint density at radius 2 is 1.22 bits per heavy atom. The number of quaternary nitrogens is 1. The summed E-state index contributed by atoms with van der Waals surface area (Å²) in [6, 6.07) is 0. The first-order valence-corrected chi connectivity index (χ1v) is 3.67. The molecule has 0 aliphatic carbocycles. The van der Waals surface area contributed by atoms with Gasteiger partial charge in [-0.2, -0.15) is 0 Å². The maximum atomic E-state index is 10.7. The van der Waals surface area contributed by atoms with Crippen molar-refractivity contribution in [2.75, 3.05) is 21.3 Å². The fourth-order valence-corrected chi connectivity index (χ4v) is 0.750. The summed E-state index contributed by atoms with van der Waals surface area (Å²) >= 11 is 0. The molecule has 6 heteroatoms. The molecule has 0 amide bonds. The number of hydrogen-bond acceptors (Lipinski definition) is 4. The summed E-state index contributed by atoms with van der Waals surface area (Å²) < 4.78 is 13.1. The van der Waals surface area contributed by atoms with Crippen LogP contribution in [0.25, 0.3) is 0 Å². The van der Waals surface area contributed by atoms with Crippen LogP contribution >= 0.6 is 0 Å². The molecule has 0 radical (unpaired) electrons. The molecule has 0 unspecified atom stereocenters. The summed E-state index contributed by atoms with van der Waals surface area (Å²) in [6.45, 7) is 0. The highest BCUT2D eigenvalue weighted by Gasteiger charge is 2.18. The van der Waals surface area contributed by atoms with Crippen LogP contribution in [0.2, 0.25) is 0 Å². The highest BCUT2D eigenvalue weighted by Crippen LogP contribution is 1.92. The van der Waals surface area contributed by atoms with Gasteiger partial charge in [-0.25, -0.2) is 0 Å². The van der Waals surface area contributed by atoms with Crippen LogP contribution in [0, 0.1) is 0 Å². The van der Waals surface area contributed by atoms with Gasteiger partial charge < -0.3 is 24.2 Å². The van der Waals surface area contributed by atoms with E-state index in [0.29, 0.717) is 0 Å². The van der Waals surface area contributed by atoms with E-state index >= 15 is 0 Å². The Morgan fingerprint density at radius 3 is 1.22 bits per heavy atom. The Kier molecular flexibility index (Phi) is 6.35. The number of rotatable bonds is 3. The minimum atomic E-state index is -3.42. The van der Waals surface area contributed by atoms with Crippen LogP contribution in [0.15, 0.2) is 0 Å². The van der Waals surface area contributed by atoms with Crippen molar-refractivity contribution < 1.29 is 18.1 Å². The molecule has 4 N–H and O–H groups in total. The molecule has 0 aliphatic heterocycles. The average molecular weight is 155 g/mol. The second-order valence-corrected chi connectivity index (χ2v) is 3.34. The van der Waals surface area contributed by atoms with E-state index in [-0.39, 0.29) is 6.15 Å². The zero-order valence-electron chi connectivity index (χ0n) is 6.13. The molecule has 0 aromatic heterocycles. The van der Waals surface area contributed by atoms with Crippen molar-refractivity contribution in [3.8, 4) is 0 Å². The highest BCUT2D eigenvalue weighted by atomic mass is 28.4. The van der Waals surface area contributed by atoms with E-state index in [1.54, 1.807) is 0 Å². The van der Waals surface area contributed by atoms with Crippen LogP contribution in [0.3, 0.4) is 0 Å². The van der Waals surface area contributed by atoms with Crippen molar-refractivity contribution in [3.05, 3.63) is 0 Å². The first-order valence-electron chi connectivity index (χ1n) is 2.04. The maximum absolute atomic E-state index is 10.7. The lowest BCUT2D eigenvalue weighted by Gasteiger charge is -2.29. The van der Waals surface area contributed by atoms with Gasteiger partial charge in [-0.15, -0.1) is 0 Å². The van der Waals surface area contributed by atoms with Gasteiger partial charge in [0.15, 0.2) is 0 Å². The molecule has 0 aromatic carbocycles. The van der Waals surface area contributed by atoms with Gasteiger partial charge in [0.1, 0.15) is 0 Å². The van der Waals surface area contributed by atoms with E-state index in [9.17, 15) is 4.80 Å². The molecule has 0 rings (SSSR count). The topological polar surface area (TPSA) is 87.2 Å². The third-order valence-electron chi connectivity index (χ3n) is 0.750. The van der Waals surface area contributed by atoms with Gasteiger partial charge in [0.2, 0.25) is 0 Å². The van der Waals surface area contributed by atoms with Crippen LogP contribution in [-0.2, 0) is 13.3 Å². The van der Waals surface area contributed by atoms with Crippen molar-refractivity contribution in [2.45, 2.75) is 0 Å². The molecule has 9 heavy (non-hydrogen) atoms. The van der Waals surface area contributed by atoms with Gasteiger partial charge >= 0.3 is 9.05 Å². The van der Waals surface area contributed by atoms with Crippen LogP contribution in [-0.4, -0.2) is 30.4 Å². The summed E-state index contributed by atoms with van der Waals surface area (Å²) in [6.07, 6.45) is 0. The fourth-order valence-electron chi connectivity index (χ4n) is 0.250. The minimum absolute atomic E-state index is 0. The molecule has 0 bridgehead atoms. The van der Waals surface area contributed by atoms with Crippen LogP contribution in [0.5, 0.6) is 0 Å². The summed E-state index contributed by atoms with van der Waals surface area (Å²) in [4.78, 5) is 10.7. The molecule has 0 saturated carbocycles. The van der Waals surface area contributed by atoms with Gasteiger partial charge in [-0.3, -0.25) is 0 Å². The third-order valence-corrected chi connectivity index (χ3v) is 2.25. The van der Waals surface area contributed by atoms with Gasteiger partial charge in [0, 0.05) is 21.3 Å². The lowest BCUT2D eigenvalue weighted by Crippen LogP contribution is -2.56. The molecule has 0 heterocycles. The second kappa shape index (κ2) is 4.85. The molecule has 0 aromatic rings. The summed E-state index contributed by atoms with van der Waals surface area (Å²) in [5.74, 6) is 0. The molecule has 5 nitrogen and oxygen atoms in total. The molecule has 0 aliphatic rings. The second-order valence-electron chi connectivity index (χ2n) is 1.11. The first kappa shape index (κ1) is 11.8. The van der Waals surface area contributed by atoms with Crippen molar-refractivity contribution in [3.63, 3.8) is 0 Å². The Bertz CT molecular complexity index is 58.6. The zero-order valence-corrected chi connectivity index (χ0v) is 7.13. The van der Waals surface area contributed by atoms with Crippen molar-refractivity contribution in [2.24, 2.45) is 0 Å². The van der Waals surface area contributed by atoms with E-state index in [1.807, 2.05) is 0 Å². The van der Waals surface area contributed by atoms with Crippen LogP contribution in [0.4, 0.5) is 0 Å². The molecular formula is C3H13NO4Si. The molecule has 0 fully saturated rings. The fraction of sp³-hybridized carbons (Fsp3) is 1.00. The molecule has 0 spiro atoms. The first-order chi connectivity index (χ1) is 3.68. The van der Waals surface area contributed by atoms with Gasteiger partial charge in [0.25, 0.3) is 0 Å². The minimum Gasteiger partial charge on any atom is -0.793 e. The smallest absolute Gasteiger partial charge is 0.412 e. The van der Waals surface area contributed by atoms with Gasteiger partial charge in [-0.05, 0) is 0 Å². The third kappa shape index (κ3) is 3.57. The summed E-state index contributed by atoms with van der Waals surface area (Å²) in [5, 5.41) is 0. The van der Waals surface area contributed by atoms with Crippen LogP contribution in [0.1, 0.15) is 0 Å². The predicted octanol–water partition coefficient (Wildman–Crippen LogP) is -0.902. The predicted molar refractivity (Wildman–Crippen MR) is 32.8 cm³/mol. The molecule has 58 valence electrons. The quantitative estimate of drug-likeness (QED) is 0.535. The Labute approximate surface area is 55.6 Å². The number of hydrogen-bond donors (Lipinski definition) is 1. The van der Waals surface area contributed by atoms with Gasteiger partial charge in [0.05, 0.1) is 0 Å². The molecular weight excluding hydrogens is 142 g/mol. The SMILES string of the molecule is CO[Si]([O-])(OC)OC.[NH4+]. The maximum Gasteiger partial charge on any atom is 0.412 e. The van der Waals surface area contributed by atoms with Crippen molar-refractivity contribution in [1.82, 2.24) is 6.15 Å². The largest absolute Gasteiger partial charge is 0.793 e. The lowest BCUT2D eigenvalue weighted by atomic mass is 11.8.